The molecule has 112 valence electrons. The molecule has 0 aliphatic heterocycles. The number of halogens is 1. The van der Waals surface area contributed by atoms with Crippen molar-refractivity contribution in [2.75, 3.05) is 7.11 Å². The van der Waals surface area contributed by atoms with Gasteiger partial charge in [0.05, 0.1) is 12.5 Å². The van der Waals surface area contributed by atoms with E-state index in [0.29, 0.717) is 0 Å². The average Bonchev–Trinajstić information content (AvgIpc) is 3.06. The number of hydrogen-bond acceptors (Lipinski definition) is 3. The summed E-state index contributed by atoms with van der Waals surface area (Å²) < 4.78 is 11.9. The van der Waals surface area contributed by atoms with Crippen molar-refractivity contribution in [2.24, 2.45) is 0 Å². The molecule has 1 aromatic carbocycles. The zero-order valence-corrected chi connectivity index (χ0v) is 13.5. The van der Waals surface area contributed by atoms with Crippen molar-refractivity contribution < 1.29 is 14.3 Å². The van der Waals surface area contributed by atoms with Gasteiger partial charge < -0.3 is 14.5 Å². The maximum Gasteiger partial charge on any atom is 0.310 e. The van der Waals surface area contributed by atoms with Gasteiger partial charge in [-0.3, -0.25) is 4.79 Å². The second kappa shape index (κ2) is 6.20. The van der Waals surface area contributed by atoms with Crippen LogP contribution in [0.25, 0.3) is 10.9 Å². The van der Waals surface area contributed by atoms with Crippen LogP contribution in [-0.4, -0.2) is 30.3 Å². The van der Waals surface area contributed by atoms with Gasteiger partial charge >= 0.3 is 5.97 Å². The molecule has 3 rings (SSSR count). The highest BCUT2D eigenvalue weighted by molar-refractivity contribution is 9.10. The average molecular weight is 352 g/mol. The zero-order valence-electron chi connectivity index (χ0n) is 11.9. The Hall–Kier alpha value is -1.33. The molecule has 0 spiro atoms. The van der Waals surface area contributed by atoms with Crippen molar-refractivity contribution >= 4 is 32.8 Å². The monoisotopic (exact) mass is 351 g/mol. The molecule has 21 heavy (non-hydrogen) atoms. The van der Waals surface area contributed by atoms with Crippen LogP contribution in [0.2, 0.25) is 0 Å². The van der Waals surface area contributed by atoms with Crippen molar-refractivity contribution in [3.05, 3.63) is 34.4 Å². The first kappa shape index (κ1) is 14.6. The predicted octanol–water partition coefficient (Wildman–Crippen LogP) is 3.58. The van der Waals surface area contributed by atoms with Gasteiger partial charge in [0, 0.05) is 28.7 Å². The number of hydrogen-bond donors (Lipinski definition) is 1. The molecule has 1 saturated carbocycles. The molecule has 1 N–H and O–H groups in total. The second-order valence-corrected chi connectivity index (χ2v) is 6.24. The Balaban J connectivity index is 1.72. The highest BCUT2D eigenvalue weighted by atomic mass is 79.9. The topological polar surface area (TPSA) is 51.3 Å². The summed E-state index contributed by atoms with van der Waals surface area (Å²) in [5, 5.41) is 1.05. The Morgan fingerprint density at radius 2 is 2.19 bits per heavy atom. The molecule has 0 bridgehead atoms. The summed E-state index contributed by atoms with van der Waals surface area (Å²) in [6, 6.07) is 5.93. The number of esters is 1. The standard InChI is InChI=1S/C16H18BrNO3/c1-20-13-6-3-7-14(13)21-15(19)8-10-9-18-12-5-2-4-11(17)16(10)12/h2,4-5,9,13-14,18H,3,6-8H2,1H3/t13-,14+/m0/s1. The molecule has 1 heterocycles. The summed E-state index contributed by atoms with van der Waals surface area (Å²) in [5.41, 5.74) is 1.97. The van der Waals surface area contributed by atoms with Crippen molar-refractivity contribution in [2.45, 2.75) is 37.9 Å². The summed E-state index contributed by atoms with van der Waals surface area (Å²) in [5.74, 6) is -0.194. The summed E-state index contributed by atoms with van der Waals surface area (Å²) in [4.78, 5) is 15.4. The fourth-order valence-corrected chi connectivity index (χ4v) is 3.63. The van der Waals surface area contributed by atoms with Gasteiger partial charge in [0.25, 0.3) is 0 Å². The van der Waals surface area contributed by atoms with Crippen LogP contribution in [0, 0.1) is 0 Å². The van der Waals surface area contributed by atoms with E-state index >= 15 is 0 Å². The lowest BCUT2D eigenvalue weighted by Crippen LogP contribution is -2.28. The molecule has 2 aromatic rings. The van der Waals surface area contributed by atoms with Gasteiger partial charge in [-0.15, -0.1) is 0 Å². The van der Waals surface area contributed by atoms with Crippen LogP contribution >= 0.6 is 15.9 Å². The fourth-order valence-electron chi connectivity index (χ4n) is 3.01. The van der Waals surface area contributed by atoms with Crippen molar-refractivity contribution in [1.82, 2.24) is 4.98 Å². The summed E-state index contributed by atoms with van der Waals surface area (Å²) in [7, 11) is 1.67. The molecule has 1 fully saturated rings. The van der Waals surface area contributed by atoms with E-state index in [0.717, 1.165) is 40.2 Å². The molecule has 4 nitrogen and oxygen atoms in total. The Morgan fingerprint density at radius 3 is 3.00 bits per heavy atom. The number of rotatable bonds is 4. The van der Waals surface area contributed by atoms with Gasteiger partial charge in [0.1, 0.15) is 6.10 Å². The minimum absolute atomic E-state index is 0.0451. The zero-order chi connectivity index (χ0) is 14.8. The molecule has 0 saturated heterocycles. The molecule has 1 aromatic heterocycles. The van der Waals surface area contributed by atoms with Crippen LogP contribution in [0.1, 0.15) is 24.8 Å². The smallest absolute Gasteiger partial charge is 0.310 e. The van der Waals surface area contributed by atoms with E-state index in [1.807, 2.05) is 24.4 Å². The van der Waals surface area contributed by atoms with Crippen LogP contribution in [0.3, 0.4) is 0 Å². The number of H-pyrrole nitrogens is 1. The molecule has 0 unspecified atom stereocenters. The van der Waals surface area contributed by atoms with Crippen molar-refractivity contribution in [3.63, 3.8) is 0 Å². The van der Waals surface area contributed by atoms with E-state index in [1.54, 1.807) is 7.11 Å². The van der Waals surface area contributed by atoms with Gasteiger partial charge in [-0.2, -0.15) is 0 Å². The van der Waals surface area contributed by atoms with Crippen LogP contribution in [-0.2, 0) is 20.7 Å². The quantitative estimate of drug-likeness (QED) is 0.856. The number of nitrogens with one attached hydrogen (secondary N) is 1. The van der Waals surface area contributed by atoms with Gasteiger partial charge in [-0.25, -0.2) is 0 Å². The molecule has 0 radical (unpaired) electrons. The number of carbonyl (C=O) groups excluding carboxylic acids is 1. The maximum absolute atomic E-state index is 12.2. The van der Waals surface area contributed by atoms with E-state index in [4.69, 9.17) is 9.47 Å². The van der Waals surface area contributed by atoms with E-state index in [9.17, 15) is 4.79 Å². The van der Waals surface area contributed by atoms with Crippen molar-refractivity contribution in [1.29, 1.82) is 0 Å². The Morgan fingerprint density at radius 1 is 1.38 bits per heavy atom. The summed E-state index contributed by atoms with van der Waals surface area (Å²) in [6.45, 7) is 0. The van der Waals surface area contributed by atoms with Crippen LogP contribution in [0.5, 0.6) is 0 Å². The number of fused-ring (bicyclic) bond motifs is 1. The Kier molecular flexibility index (Phi) is 4.31. The lowest BCUT2D eigenvalue weighted by Gasteiger charge is -2.18. The van der Waals surface area contributed by atoms with Gasteiger partial charge in [0.15, 0.2) is 0 Å². The van der Waals surface area contributed by atoms with E-state index in [-0.39, 0.29) is 24.6 Å². The molecular formula is C16H18BrNO3. The molecular weight excluding hydrogens is 334 g/mol. The minimum atomic E-state index is -0.194. The summed E-state index contributed by atoms with van der Waals surface area (Å²) in [6.07, 6.45) is 5.00. The minimum Gasteiger partial charge on any atom is -0.459 e. The van der Waals surface area contributed by atoms with E-state index in [2.05, 4.69) is 20.9 Å². The van der Waals surface area contributed by atoms with Crippen LogP contribution in [0.15, 0.2) is 28.9 Å². The van der Waals surface area contributed by atoms with Gasteiger partial charge in [-0.05, 0) is 37.0 Å². The largest absolute Gasteiger partial charge is 0.459 e. The first-order valence-corrected chi connectivity index (χ1v) is 7.95. The maximum atomic E-state index is 12.2. The third kappa shape index (κ3) is 2.99. The SMILES string of the molecule is CO[C@H]1CCC[C@H]1OC(=O)Cc1c[nH]c2cccc(Br)c12. The fraction of sp³-hybridized carbons (Fsp3) is 0.438. The number of methoxy groups -OCH3 is 1. The lowest BCUT2D eigenvalue weighted by molar-refractivity contribution is -0.153. The highest BCUT2D eigenvalue weighted by Crippen LogP contribution is 2.28. The molecule has 1 aliphatic carbocycles. The first-order chi connectivity index (χ1) is 10.2. The van der Waals surface area contributed by atoms with E-state index < -0.39 is 0 Å². The Bertz CT molecular complexity index is 652. The molecule has 5 heteroatoms. The number of benzene rings is 1. The number of ether oxygens (including phenoxy) is 2. The van der Waals surface area contributed by atoms with E-state index in [1.165, 1.54) is 0 Å². The van der Waals surface area contributed by atoms with Crippen molar-refractivity contribution in [3.8, 4) is 0 Å². The normalized spacial score (nSPS) is 21.8. The van der Waals surface area contributed by atoms with Gasteiger partial charge in [-0.1, -0.05) is 22.0 Å². The second-order valence-electron chi connectivity index (χ2n) is 5.39. The molecule has 1 aliphatic rings. The highest BCUT2D eigenvalue weighted by Gasteiger charge is 2.30. The first-order valence-electron chi connectivity index (χ1n) is 7.16. The molecule has 2 atom stereocenters. The molecule has 0 amide bonds. The number of carbonyl (C=O) groups is 1. The third-order valence-corrected chi connectivity index (χ3v) is 4.71. The summed E-state index contributed by atoms with van der Waals surface area (Å²) >= 11 is 3.53. The lowest BCUT2D eigenvalue weighted by atomic mass is 10.1. The van der Waals surface area contributed by atoms with Crippen LogP contribution in [0.4, 0.5) is 0 Å². The number of aromatic nitrogens is 1. The van der Waals surface area contributed by atoms with Gasteiger partial charge in [0.2, 0.25) is 0 Å². The Labute approximate surface area is 131 Å². The predicted molar refractivity (Wildman–Crippen MR) is 84.2 cm³/mol. The number of aromatic amines is 1. The third-order valence-electron chi connectivity index (χ3n) is 4.05. The van der Waals surface area contributed by atoms with Crippen LogP contribution < -0.4 is 0 Å².